The molecule has 152 valence electrons. The average molecular weight is 403 g/mol. The fraction of sp³-hybridized carbons (Fsp3) is 0.435. The fourth-order valence-electron chi connectivity index (χ4n) is 3.03. The predicted molar refractivity (Wildman–Crippen MR) is 115 cm³/mol. The van der Waals surface area contributed by atoms with Crippen molar-refractivity contribution in [2.75, 3.05) is 5.75 Å². The Bertz CT molecular complexity index is 807. The van der Waals surface area contributed by atoms with Gasteiger partial charge in [-0.1, -0.05) is 53.7 Å². The van der Waals surface area contributed by atoms with E-state index in [4.69, 9.17) is 0 Å². The Balaban J connectivity index is 2.48. The number of phenolic OH excluding ortho intramolecular Hbond substituents is 2. The van der Waals surface area contributed by atoms with Gasteiger partial charge in [0.25, 0.3) is 0 Å². The van der Waals surface area contributed by atoms with Crippen molar-refractivity contribution in [2.24, 2.45) is 0 Å². The normalized spacial score (nSPS) is 13.4. The van der Waals surface area contributed by atoms with Gasteiger partial charge in [0.15, 0.2) is 0 Å². The lowest BCUT2D eigenvalue weighted by atomic mass is 9.77. The molecule has 0 spiro atoms. The van der Waals surface area contributed by atoms with Gasteiger partial charge in [0.05, 0.1) is 5.92 Å². The summed E-state index contributed by atoms with van der Waals surface area (Å²) in [4.78, 5) is 13.0. The Kier molecular flexibility index (Phi) is 6.39. The zero-order valence-electron chi connectivity index (χ0n) is 17.4. The number of aromatic hydroxyl groups is 2. The molecule has 28 heavy (non-hydrogen) atoms. The maximum atomic E-state index is 12.1. The van der Waals surface area contributed by atoms with E-state index >= 15 is 0 Å². The third-order valence-electron chi connectivity index (χ3n) is 4.70. The standard InChI is InChI=1S/C23H30O4S/c1-22(2,3)18-11-14(12-19(20(18)25)23(4,5)6)17(21(26)27)13-28-16-9-7-15(24)8-10-16/h7-12,17,24-25H,13H2,1-6H3,(H,26,27). The third-order valence-corrected chi connectivity index (χ3v) is 5.81. The molecule has 0 aliphatic rings. The smallest absolute Gasteiger partial charge is 0.311 e. The number of thioether (sulfide) groups is 1. The third kappa shape index (κ3) is 5.22. The van der Waals surface area contributed by atoms with Gasteiger partial charge in [0, 0.05) is 10.6 Å². The van der Waals surface area contributed by atoms with Crippen LogP contribution < -0.4 is 0 Å². The van der Waals surface area contributed by atoms with Crippen LogP contribution in [0.2, 0.25) is 0 Å². The Labute approximate surface area is 171 Å². The molecule has 2 aromatic carbocycles. The summed E-state index contributed by atoms with van der Waals surface area (Å²) in [6.07, 6.45) is 0. The van der Waals surface area contributed by atoms with Crippen molar-refractivity contribution in [1.82, 2.24) is 0 Å². The Morgan fingerprint density at radius 2 is 1.39 bits per heavy atom. The number of carbonyl (C=O) groups is 1. The molecule has 2 aromatic rings. The molecule has 0 aliphatic carbocycles. The molecular weight excluding hydrogens is 372 g/mol. The van der Waals surface area contributed by atoms with Gasteiger partial charge in [-0.3, -0.25) is 4.79 Å². The van der Waals surface area contributed by atoms with Crippen molar-refractivity contribution in [1.29, 1.82) is 0 Å². The van der Waals surface area contributed by atoms with Crippen molar-refractivity contribution in [3.8, 4) is 11.5 Å². The molecule has 0 radical (unpaired) electrons. The van der Waals surface area contributed by atoms with Crippen LogP contribution in [0, 0.1) is 0 Å². The first-order valence-electron chi connectivity index (χ1n) is 9.33. The summed E-state index contributed by atoms with van der Waals surface area (Å²) in [6.45, 7) is 12.1. The molecule has 0 amide bonds. The highest BCUT2D eigenvalue weighted by atomic mass is 32.2. The van der Waals surface area contributed by atoms with Crippen LogP contribution in [-0.4, -0.2) is 27.0 Å². The van der Waals surface area contributed by atoms with Gasteiger partial charge in [-0.05, 0) is 51.8 Å². The van der Waals surface area contributed by atoms with E-state index in [1.54, 1.807) is 24.3 Å². The van der Waals surface area contributed by atoms with E-state index in [1.807, 2.05) is 53.7 Å². The molecule has 2 rings (SSSR count). The number of aliphatic carboxylic acids is 1. The highest BCUT2D eigenvalue weighted by Crippen LogP contribution is 2.42. The van der Waals surface area contributed by atoms with Gasteiger partial charge >= 0.3 is 5.97 Å². The first-order chi connectivity index (χ1) is 12.8. The monoisotopic (exact) mass is 402 g/mol. The van der Waals surface area contributed by atoms with E-state index in [9.17, 15) is 20.1 Å². The van der Waals surface area contributed by atoms with Crippen molar-refractivity contribution in [3.05, 3.63) is 53.1 Å². The van der Waals surface area contributed by atoms with Gasteiger partial charge < -0.3 is 15.3 Å². The van der Waals surface area contributed by atoms with Gasteiger partial charge in [-0.15, -0.1) is 11.8 Å². The molecule has 0 fully saturated rings. The lowest BCUT2D eigenvalue weighted by molar-refractivity contribution is -0.138. The minimum Gasteiger partial charge on any atom is -0.508 e. The predicted octanol–water partition coefficient (Wildman–Crippen LogP) is 5.65. The van der Waals surface area contributed by atoms with Crippen LogP contribution in [0.25, 0.3) is 0 Å². The maximum Gasteiger partial charge on any atom is 0.311 e. The van der Waals surface area contributed by atoms with E-state index in [2.05, 4.69) is 0 Å². The average Bonchev–Trinajstić information content (AvgIpc) is 2.55. The summed E-state index contributed by atoms with van der Waals surface area (Å²) >= 11 is 1.44. The number of rotatable bonds is 5. The largest absolute Gasteiger partial charge is 0.508 e. The van der Waals surface area contributed by atoms with Gasteiger partial charge in [-0.25, -0.2) is 0 Å². The van der Waals surface area contributed by atoms with Gasteiger partial charge in [0.2, 0.25) is 0 Å². The SMILES string of the molecule is CC(C)(C)c1cc(C(CSc2ccc(O)cc2)C(=O)O)cc(C(C)(C)C)c1O. The minimum atomic E-state index is -0.892. The van der Waals surface area contributed by atoms with E-state index in [0.717, 1.165) is 16.0 Å². The van der Waals surface area contributed by atoms with Crippen molar-refractivity contribution >= 4 is 17.7 Å². The zero-order chi connectivity index (χ0) is 21.3. The molecular formula is C23H30O4S. The van der Waals surface area contributed by atoms with Crippen LogP contribution in [0.3, 0.4) is 0 Å². The molecule has 0 bridgehead atoms. The topological polar surface area (TPSA) is 77.8 Å². The Hall–Kier alpha value is -2.14. The summed E-state index contributed by atoms with van der Waals surface area (Å²) in [5.41, 5.74) is 1.60. The summed E-state index contributed by atoms with van der Waals surface area (Å²) in [5.74, 6) is -0.808. The van der Waals surface area contributed by atoms with E-state index in [-0.39, 0.29) is 22.3 Å². The van der Waals surface area contributed by atoms with Crippen LogP contribution in [-0.2, 0) is 15.6 Å². The highest BCUT2D eigenvalue weighted by molar-refractivity contribution is 7.99. The second kappa shape index (κ2) is 8.08. The molecule has 1 unspecified atom stereocenters. The number of hydrogen-bond donors (Lipinski definition) is 3. The van der Waals surface area contributed by atoms with Gasteiger partial charge in [0.1, 0.15) is 11.5 Å². The van der Waals surface area contributed by atoms with Crippen LogP contribution >= 0.6 is 11.8 Å². The number of hydrogen-bond acceptors (Lipinski definition) is 4. The number of carboxylic acid groups (broad SMARTS) is 1. The van der Waals surface area contributed by atoms with Crippen molar-refractivity contribution < 1.29 is 20.1 Å². The van der Waals surface area contributed by atoms with Crippen LogP contribution in [0.4, 0.5) is 0 Å². The molecule has 0 saturated carbocycles. The van der Waals surface area contributed by atoms with E-state index in [1.165, 1.54) is 11.8 Å². The second-order valence-electron chi connectivity index (χ2n) is 9.16. The summed E-state index contributed by atoms with van der Waals surface area (Å²) < 4.78 is 0. The number of phenols is 2. The first kappa shape index (κ1) is 22.2. The highest BCUT2D eigenvalue weighted by Gasteiger charge is 2.30. The molecule has 0 saturated heterocycles. The quantitative estimate of drug-likeness (QED) is 0.563. The van der Waals surface area contributed by atoms with Gasteiger partial charge in [-0.2, -0.15) is 0 Å². The van der Waals surface area contributed by atoms with E-state index < -0.39 is 11.9 Å². The lowest BCUT2D eigenvalue weighted by Gasteiger charge is -2.29. The first-order valence-corrected chi connectivity index (χ1v) is 10.3. The van der Waals surface area contributed by atoms with Crippen molar-refractivity contribution in [2.45, 2.75) is 63.2 Å². The minimum absolute atomic E-state index is 0.183. The van der Waals surface area contributed by atoms with E-state index in [0.29, 0.717) is 11.3 Å². The maximum absolute atomic E-state index is 12.1. The fourth-order valence-corrected chi connectivity index (χ4v) is 4.06. The number of benzene rings is 2. The molecule has 0 heterocycles. The Morgan fingerprint density at radius 3 is 1.79 bits per heavy atom. The molecule has 3 N–H and O–H groups in total. The molecule has 1 atom stereocenters. The van der Waals surface area contributed by atoms with Crippen LogP contribution in [0.5, 0.6) is 11.5 Å². The van der Waals surface area contributed by atoms with Crippen molar-refractivity contribution in [3.63, 3.8) is 0 Å². The summed E-state index contributed by atoms with van der Waals surface area (Å²) in [7, 11) is 0. The molecule has 0 aliphatic heterocycles. The lowest BCUT2D eigenvalue weighted by Crippen LogP contribution is -2.21. The second-order valence-corrected chi connectivity index (χ2v) is 10.3. The van der Waals surface area contributed by atoms with Crippen LogP contribution in [0.1, 0.15) is 64.2 Å². The zero-order valence-corrected chi connectivity index (χ0v) is 18.2. The Morgan fingerprint density at radius 1 is 0.929 bits per heavy atom. The molecule has 5 heteroatoms. The molecule has 0 aromatic heterocycles. The van der Waals surface area contributed by atoms with Crippen LogP contribution in [0.15, 0.2) is 41.3 Å². The molecule has 4 nitrogen and oxygen atoms in total. The number of carboxylic acids is 1. The summed E-state index contributed by atoms with van der Waals surface area (Å²) in [6, 6.07) is 10.4. The summed E-state index contributed by atoms with van der Waals surface area (Å²) in [5, 5.41) is 30.2.